The minimum atomic E-state index is 0.497. The van der Waals surface area contributed by atoms with Crippen molar-refractivity contribution in [1.82, 2.24) is 4.98 Å². The molecule has 20 heavy (non-hydrogen) atoms. The summed E-state index contributed by atoms with van der Waals surface area (Å²) in [4.78, 5) is 7.15. The third-order valence-corrected chi connectivity index (χ3v) is 2.85. The van der Waals surface area contributed by atoms with Gasteiger partial charge in [0.2, 0.25) is 5.89 Å². The van der Waals surface area contributed by atoms with Gasteiger partial charge in [-0.15, -0.1) is 0 Å². The Morgan fingerprint density at radius 2 is 2.15 bits per heavy atom. The van der Waals surface area contributed by atoms with Gasteiger partial charge in [-0.05, 0) is 41.9 Å². The lowest BCUT2D eigenvalue weighted by molar-refractivity contribution is 0.415. The van der Waals surface area contributed by atoms with Crippen molar-refractivity contribution in [2.24, 2.45) is 5.11 Å². The fourth-order valence-electron chi connectivity index (χ4n) is 1.91. The standard InChI is InChI=1S/C14H10N4O2/c1-19-11-4-2-3-9(7-11)14-16-12-8-10(17-18-15)5-6-13(12)20-14/h2-8H,1H3. The van der Waals surface area contributed by atoms with Crippen LogP contribution in [0, 0.1) is 0 Å². The van der Waals surface area contributed by atoms with Crippen LogP contribution in [0.4, 0.5) is 5.69 Å². The van der Waals surface area contributed by atoms with Crippen LogP contribution in [0.2, 0.25) is 0 Å². The van der Waals surface area contributed by atoms with Crippen molar-refractivity contribution >= 4 is 16.8 Å². The van der Waals surface area contributed by atoms with Gasteiger partial charge in [-0.3, -0.25) is 0 Å². The van der Waals surface area contributed by atoms with E-state index in [0.29, 0.717) is 22.7 Å². The Bertz CT molecular complexity index is 819. The third-order valence-electron chi connectivity index (χ3n) is 2.85. The number of nitrogens with zero attached hydrogens (tertiary/aromatic N) is 4. The predicted octanol–water partition coefficient (Wildman–Crippen LogP) is 4.45. The number of rotatable bonds is 3. The molecule has 0 saturated heterocycles. The van der Waals surface area contributed by atoms with Gasteiger partial charge in [0.1, 0.15) is 11.3 Å². The van der Waals surface area contributed by atoms with Crippen molar-refractivity contribution in [2.45, 2.75) is 0 Å². The Morgan fingerprint density at radius 3 is 2.95 bits per heavy atom. The number of fused-ring (bicyclic) bond motifs is 1. The highest BCUT2D eigenvalue weighted by Crippen LogP contribution is 2.28. The minimum Gasteiger partial charge on any atom is -0.497 e. The van der Waals surface area contributed by atoms with E-state index >= 15 is 0 Å². The SMILES string of the molecule is COc1cccc(-c2nc3cc(N=[N+]=[N-])ccc3o2)c1. The van der Waals surface area contributed by atoms with Gasteiger partial charge in [-0.1, -0.05) is 11.2 Å². The zero-order chi connectivity index (χ0) is 13.9. The molecular formula is C14H10N4O2. The second kappa shape index (κ2) is 4.95. The smallest absolute Gasteiger partial charge is 0.227 e. The van der Waals surface area contributed by atoms with E-state index in [2.05, 4.69) is 15.0 Å². The molecule has 3 aromatic rings. The van der Waals surface area contributed by atoms with Gasteiger partial charge in [-0.2, -0.15) is 0 Å². The summed E-state index contributed by atoms with van der Waals surface area (Å²) in [5.74, 6) is 1.23. The highest BCUT2D eigenvalue weighted by molar-refractivity contribution is 5.79. The first-order valence-electron chi connectivity index (χ1n) is 5.90. The number of hydrogen-bond acceptors (Lipinski definition) is 4. The summed E-state index contributed by atoms with van der Waals surface area (Å²) in [5, 5.41) is 3.55. The number of aromatic nitrogens is 1. The highest BCUT2D eigenvalue weighted by Gasteiger charge is 2.09. The molecule has 0 spiro atoms. The van der Waals surface area contributed by atoms with E-state index in [-0.39, 0.29) is 0 Å². The number of azide groups is 1. The first-order chi connectivity index (χ1) is 9.80. The Kier molecular flexibility index (Phi) is 2.99. The second-order valence-corrected chi connectivity index (χ2v) is 4.09. The normalized spacial score (nSPS) is 10.2. The van der Waals surface area contributed by atoms with Crippen LogP contribution in [0.1, 0.15) is 0 Å². The molecule has 0 atom stereocenters. The molecule has 0 unspecified atom stereocenters. The Labute approximate surface area is 114 Å². The molecule has 0 fully saturated rings. The van der Waals surface area contributed by atoms with E-state index in [9.17, 15) is 0 Å². The maximum Gasteiger partial charge on any atom is 0.227 e. The third kappa shape index (κ3) is 2.15. The first-order valence-corrected chi connectivity index (χ1v) is 5.90. The molecule has 98 valence electrons. The van der Waals surface area contributed by atoms with Crippen LogP contribution < -0.4 is 4.74 Å². The molecule has 0 radical (unpaired) electrons. The minimum absolute atomic E-state index is 0.497. The number of oxazole rings is 1. The van der Waals surface area contributed by atoms with E-state index in [0.717, 1.165) is 11.3 Å². The molecule has 6 nitrogen and oxygen atoms in total. The topological polar surface area (TPSA) is 84.0 Å². The molecule has 0 aliphatic carbocycles. The molecule has 0 saturated carbocycles. The van der Waals surface area contributed by atoms with Gasteiger partial charge in [-0.25, -0.2) is 4.98 Å². The summed E-state index contributed by atoms with van der Waals surface area (Å²) in [6.07, 6.45) is 0. The number of ether oxygens (including phenoxy) is 1. The largest absolute Gasteiger partial charge is 0.497 e. The molecule has 0 bridgehead atoms. The van der Waals surface area contributed by atoms with Crippen molar-refractivity contribution in [1.29, 1.82) is 0 Å². The summed E-state index contributed by atoms with van der Waals surface area (Å²) in [6, 6.07) is 12.6. The fourth-order valence-corrected chi connectivity index (χ4v) is 1.91. The summed E-state index contributed by atoms with van der Waals surface area (Å²) in [6.45, 7) is 0. The summed E-state index contributed by atoms with van der Waals surface area (Å²) in [7, 11) is 1.61. The molecule has 1 heterocycles. The zero-order valence-electron chi connectivity index (χ0n) is 10.6. The van der Waals surface area contributed by atoms with E-state index in [4.69, 9.17) is 14.7 Å². The van der Waals surface area contributed by atoms with Crippen LogP contribution in [-0.4, -0.2) is 12.1 Å². The molecule has 2 aromatic carbocycles. The van der Waals surface area contributed by atoms with Crippen LogP contribution in [0.15, 0.2) is 52.0 Å². The first kappa shape index (κ1) is 12.1. The van der Waals surface area contributed by atoms with Crippen molar-refractivity contribution in [3.63, 3.8) is 0 Å². The van der Waals surface area contributed by atoms with Crippen LogP contribution in [-0.2, 0) is 0 Å². The molecule has 0 aliphatic rings. The summed E-state index contributed by atoms with van der Waals surface area (Å²) < 4.78 is 10.9. The van der Waals surface area contributed by atoms with Gasteiger partial charge in [0.05, 0.1) is 7.11 Å². The van der Waals surface area contributed by atoms with Gasteiger partial charge < -0.3 is 9.15 Å². The lowest BCUT2D eigenvalue weighted by Gasteiger charge is -2.00. The lowest BCUT2D eigenvalue weighted by Crippen LogP contribution is -1.83. The van der Waals surface area contributed by atoms with E-state index in [1.165, 1.54) is 0 Å². The molecule has 0 aliphatic heterocycles. The van der Waals surface area contributed by atoms with Gasteiger partial charge in [0.25, 0.3) is 0 Å². The highest BCUT2D eigenvalue weighted by atomic mass is 16.5. The Morgan fingerprint density at radius 1 is 1.25 bits per heavy atom. The average Bonchev–Trinajstić information content (AvgIpc) is 2.91. The molecule has 0 amide bonds. The quantitative estimate of drug-likeness (QED) is 0.399. The number of hydrogen-bond donors (Lipinski definition) is 0. The maximum absolute atomic E-state index is 8.43. The van der Waals surface area contributed by atoms with E-state index < -0.39 is 0 Å². The van der Waals surface area contributed by atoms with Crippen molar-refractivity contribution in [2.75, 3.05) is 7.11 Å². The second-order valence-electron chi connectivity index (χ2n) is 4.09. The average molecular weight is 266 g/mol. The summed E-state index contributed by atoms with van der Waals surface area (Å²) >= 11 is 0. The van der Waals surface area contributed by atoms with Gasteiger partial charge in [0.15, 0.2) is 5.58 Å². The molecular weight excluding hydrogens is 256 g/mol. The van der Waals surface area contributed by atoms with E-state index in [1.54, 1.807) is 25.3 Å². The summed E-state index contributed by atoms with van der Waals surface area (Å²) in [5.41, 5.74) is 11.0. The molecule has 3 rings (SSSR count). The molecule has 6 heteroatoms. The van der Waals surface area contributed by atoms with Crippen LogP contribution in [0.5, 0.6) is 5.75 Å². The Balaban J connectivity index is 2.09. The van der Waals surface area contributed by atoms with E-state index in [1.807, 2.05) is 24.3 Å². The molecule has 1 aromatic heterocycles. The lowest BCUT2D eigenvalue weighted by atomic mass is 10.2. The zero-order valence-corrected chi connectivity index (χ0v) is 10.6. The van der Waals surface area contributed by atoms with Crippen molar-refractivity contribution in [3.8, 4) is 17.2 Å². The Hall–Kier alpha value is -2.98. The maximum atomic E-state index is 8.43. The van der Waals surface area contributed by atoms with Crippen LogP contribution in [0.3, 0.4) is 0 Å². The van der Waals surface area contributed by atoms with Gasteiger partial charge >= 0.3 is 0 Å². The van der Waals surface area contributed by atoms with Crippen LogP contribution >= 0.6 is 0 Å². The van der Waals surface area contributed by atoms with Crippen LogP contribution in [0.25, 0.3) is 33.0 Å². The van der Waals surface area contributed by atoms with Crippen molar-refractivity contribution in [3.05, 3.63) is 52.9 Å². The number of methoxy groups -OCH3 is 1. The molecule has 0 N–H and O–H groups in total. The predicted molar refractivity (Wildman–Crippen MR) is 74.8 cm³/mol. The van der Waals surface area contributed by atoms with Crippen molar-refractivity contribution < 1.29 is 9.15 Å². The fraction of sp³-hybridized carbons (Fsp3) is 0.0714. The van der Waals surface area contributed by atoms with Gasteiger partial charge in [0, 0.05) is 16.2 Å². The monoisotopic (exact) mass is 266 g/mol. The number of benzene rings is 2.